The molecule has 10 heteroatoms. The molecule has 26 heavy (non-hydrogen) atoms. The molecule has 0 unspecified atom stereocenters. The first-order valence-electron chi connectivity index (χ1n) is 7.08. The van der Waals surface area contributed by atoms with Gasteiger partial charge < -0.3 is 0 Å². The van der Waals surface area contributed by atoms with E-state index in [1.165, 1.54) is 12.1 Å². The van der Waals surface area contributed by atoms with E-state index in [9.17, 15) is 35.2 Å². The Kier molecular flexibility index (Phi) is 5.36. The third kappa shape index (κ3) is 3.41. The Hall–Kier alpha value is -2.49. The van der Waals surface area contributed by atoms with Gasteiger partial charge in [-0.2, -0.15) is 0 Å². The highest BCUT2D eigenvalue weighted by Crippen LogP contribution is 2.29. The number of hydrogen-bond acceptors (Lipinski definition) is 3. The Morgan fingerprint density at radius 1 is 0.885 bits per heavy atom. The maximum Gasteiger partial charge on any atom is 0.272 e. The molecule has 1 amide bonds. The molecule has 0 bridgehead atoms. The van der Waals surface area contributed by atoms with Crippen molar-refractivity contribution in [1.29, 1.82) is 0 Å². The lowest BCUT2D eigenvalue weighted by molar-refractivity contribution is -0.124. The first-order chi connectivity index (χ1) is 12.0. The summed E-state index contributed by atoms with van der Waals surface area (Å²) in [6.07, 6.45) is 0. The van der Waals surface area contributed by atoms with Gasteiger partial charge >= 0.3 is 0 Å². The van der Waals surface area contributed by atoms with Crippen LogP contribution in [-0.2, 0) is 21.4 Å². The summed E-state index contributed by atoms with van der Waals surface area (Å²) in [5, 5.41) is 0. The summed E-state index contributed by atoms with van der Waals surface area (Å²) in [5.41, 5.74) is 1.10. The monoisotopic (exact) mass is 393 g/mol. The fourth-order valence-electron chi connectivity index (χ4n) is 2.15. The molecule has 2 aromatic rings. The summed E-state index contributed by atoms with van der Waals surface area (Å²) in [7, 11) is -5.34. The van der Waals surface area contributed by atoms with Crippen molar-refractivity contribution in [3.8, 4) is 0 Å². The van der Waals surface area contributed by atoms with Crippen molar-refractivity contribution in [3.63, 3.8) is 0 Å². The predicted octanol–water partition coefficient (Wildman–Crippen LogP) is 3.43. The van der Waals surface area contributed by atoms with Crippen molar-refractivity contribution in [2.45, 2.75) is 25.3 Å². The second-order valence-electron chi connectivity index (χ2n) is 5.42. The fourth-order valence-corrected chi connectivity index (χ4v) is 3.66. The lowest BCUT2D eigenvalue weighted by Gasteiger charge is -2.22. The molecule has 2 aromatic carbocycles. The second kappa shape index (κ2) is 7.02. The van der Waals surface area contributed by atoms with Gasteiger partial charge in [-0.1, -0.05) is 29.8 Å². The van der Waals surface area contributed by atoms with Crippen molar-refractivity contribution in [2.24, 2.45) is 0 Å². The van der Waals surface area contributed by atoms with Crippen LogP contribution in [0.2, 0.25) is 0 Å². The van der Waals surface area contributed by atoms with E-state index < -0.39 is 56.5 Å². The van der Waals surface area contributed by atoms with Crippen LogP contribution in [0, 0.1) is 36.0 Å². The molecule has 0 saturated heterocycles. The van der Waals surface area contributed by atoms with Crippen LogP contribution in [-0.4, -0.2) is 18.6 Å². The molecule has 2 rings (SSSR count). The lowest BCUT2D eigenvalue weighted by atomic mass is 10.1. The molecule has 0 spiro atoms. The largest absolute Gasteiger partial charge is 0.274 e. The van der Waals surface area contributed by atoms with E-state index in [1.807, 2.05) is 0 Å². The average molecular weight is 393 g/mol. The number of nitrogens with zero attached hydrogens (tertiary/aromatic N) is 1. The molecule has 0 radical (unpaired) electrons. The van der Waals surface area contributed by atoms with Crippen LogP contribution in [0.5, 0.6) is 0 Å². The van der Waals surface area contributed by atoms with Gasteiger partial charge in [-0.3, -0.25) is 4.79 Å². The van der Waals surface area contributed by atoms with Gasteiger partial charge in [0.15, 0.2) is 28.2 Å². The number of rotatable bonds is 4. The van der Waals surface area contributed by atoms with Gasteiger partial charge in [0.05, 0.1) is 6.54 Å². The number of carbonyl (C=O) groups excluding carboxylic acids is 1. The van der Waals surface area contributed by atoms with E-state index in [2.05, 4.69) is 0 Å². The summed E-state index contributed by atoms with van der Waals surface area (Å²) >= 11 is 0. The van der Waals surface area contributed by atoms with Crippen LogP contribution in [0.1, 0.15) is 18.1 Å². The van der Waals surface area contributed by atoms with E-state index in [0.717, 1.165) is 12.5 Å². The first kappa shape index (κ1) is 19.8. The van der Waals surface area contributed by atoms with Gasteiger partial charge in [0.2, 0.25) is 11.7 Å². The molecule has 0 aliphatic carbocycles. The molecule has 0 aliphatic heterocycles. The van der Waals surface area contributed by atoms with Gasteiger partial charge in [0.1, 0.15) is 0 Å². The van der Waals surface area contributed by atoms with Crippen molar-refractivity contribution in [1.82, 2.24) is 4.31 Å². The standard InChI is InChI=1S/C16H12F5NO3S/c1-8-3-5-10(6-4-8)7-22(9(2)23)26(24,25)16-14(20)12(18)11(17)13(19)15(16)21/h3-6H,7H2,1-2H3. The average Bonchev–Trinajstić information content (AvgIpc) is 2.57. The minimum absolute atomic E-state index is 0.0376. The number of carbonyl (C=O) groups is 1. The van der Waals surface area contributed by atoms with Crippen molar-refractivity contribution in [2.75, 3.05) is 0 Å². The predicted molar refractivity (Wildman–Crippen MR) is 80.8 cm³/mol. The number of amides is 1. The molecule has 0 atom stereocenters. The number of sulfonamides is 1. The van der Waals surface area contributed by atoms with Crippen LogP contribution in [0.15, 0.2) is 29.2 Å². The van der Waals surface area contributed by atoms with Gasteiger partial charge in [-0.15, -0.1) is 0 Å². The van der Waals surface area contributed by atoms with Crippen LogP contribution >= 0.6 is 0 Å². The summed E-state index contributed by atoms with van der Waals surface area (Å²) in [6, 6.07) is 6.11. The summed E-state index contributed by atoms with van der Waals surface area (Å²) in [6.45, 7) is 1.90. The Bertz CT molecular complexity index is 945. The van der Waals surface area contributed by atoms with Crippen molar-refractivity contribution in [3.05, 3.63) is 64.5 Å². The Morgan fingerprint density at radius 3 is 1.73 bits per heavy atom. The lowest BCUT2D eigenvalue weighted by Crippen LogP contribution is -2.36. The zero-order valence-corrected chi connectivity index (χ0v) is 14.3. The topological polar surface area (TPSA) is 54.5 Å². The third-order valence-corrected chi connectivity index (χ3v) is 5.36. The Morgan fingerprint density at radius 2 is 1.31 bits per heavy atom. The molecule has 0 N–H and O–H groups in total. The van der Waals surface area contributed by atoms with Crippen molar-refractivity contribution >= 4 is 15.9 Å². The molecular formula is C16H12F5NO3S. The minimum Gasteiger partial charge on any atom is -0.274 e. The maximum absolute atomic E-state index is 13.9. The van der Waals surface area contributed by atoms with Crippen LogP contribution < -0.4 is 0 Å². The van der Waals surface area contributed by atoms with Crippen LogP contribution in [0.4, 0.5) is 22.0 Å². The van der Waals surface area contributed by atoms with Gasteiger partial charge in [-0.05, 0) is 12.5 Å². The Balaban J connectivity index is 2.63. The van der Waals surface area contributed by atoms with Crippen LogP contribution in [0.3, 0.4) is 0 Å². The molecule has 4 nitrogen and oxygen atoms in total. The molecule has 140 valence electrons. The van der Waals surface area contributed by atoms with E-state index in [4.69, 9.17) is 0 Å². The van der Waals surface area contributed by atoms with E-state index in [1.54, 1.807) is 19.1 Å². The van der Waals surface area contributed by atoms with Gasteiger partial charge in [-0.25, -0.2) is 34.7 Å². The molecule has 0 saturated carbocycles. The summed E-state index contributed by atoms with van der Waals surface area (Å²) < 4.78 is 92.5. The van der Waals surface area contributed by atoms with Gasteiger partial charge in [0, 0.05) is 6.92 Å². The number of benzene rings is 2. The third-order valence-electron chi connectivity index (χ3n) is 3.52. The van der Waals surface area contributed by atoms with E-state index in [0.29, 0.717) is 0 Å². The highest BCUT2D eigenvalue weighted by Gasteiger charge is 2.38. The van der Waals surface area contributed by atoms with E-state index >= 15 is 0 Å². The smallest absolute Gasteiger partial charge is 0.272 e. The Labute approximate surface area is 145 Å². The quantitative estimate of drug-likeness (QED) is 0.454. The fraction of sp³-hybridized carbons (Fsp3) is 0.188. The number of aryl methyl sites for hydroxylation is 1. The summed E-state index contributed by atoms with van der Waals surface area (Å²) in [5.74, 6) is -13.5. The zero-order chi connectivity index (χ0) is 19.8. The van der Waals surface area contributed by atoms with Gasteiger partial charge in [0.25, 0.3) is 10.0 Å². The highest BCUT2D eigenvalue weighted by atomic mass is 32.2. The molecule has 0 heterocycles. The normalized spacial score (nSPS) is 11.5. The zero-order valence-electron chi connectivity index (χ0n) is 13.5. The molecule has 0 aromatic heterocycles. The maximum atomic E-state index is 13.9. The summed E-state index contributed by atoms with van der Waals surface area (Å²) in [4.78, 5) is 9.66. The molecular weight excluding hydrogens is 381 g/mol. The number of halogens is 5. The van der Waals surface area contributed by atoms with Crippen molar-refractivity contribution < 1.29 is 35.2 Å². The molecule has 0 fully saturated rings. The second-order valence-corrected chi connectivity index (χ2v) is 7.21. The van der Waals surface area contributed by atoms with Crippen LogP contribution in [0.25, 0.3) is 0 Å². The minimum atomic E-state index is -5.34. The first-order valence-corrected chi connectivity index (χ1v) is 8.52. The SMILES string of the molecule is CC(=O)N(Cc1ccc(C)cc1)S(=O)(=O)c1c(F)c(F)c(F)c(F)c1F. The highest BCUT2D eigenvalue weighted by molar-refractivity contribution is 7.89. The number of hydrogen-bond donors (Lipinski definition) is 0. The molecule has 0 aliphatic rings. The van der Waals surface area contributed by atoms with E-state index in [-0.39, 0.29) is 9.87 Å².